The van der Waals surface area contributed by atoms with Gasteiger partial charge in [-0.05, 0) is 19.4 Å². The highest BCUT2D eigenvalue weighted by molar-refractivity contribution is 7.81. The molecular weight excluding hydrogens is 316 g/mol. The molecule has 0 amide bonds. The Morgan fingerprint density at radius 1 is 1.39 bits per heavy atom. The summed E-state index contributed by atoms with van der Waals surface area (Å²) in [6.07, 6.45) is 2.97. The number of carboxylic acids is 1. The van der Waals surface area contributed by atoms with Crippen molar-refractivity contribution < 1.29 is 14.3 Å². The lowest BCUT2D eigenvalue weighted by Crippen LogP contribution is -2.48. The maximum absolute atomic E-state index is 11.8. The van der Waals surface area contributed by atoms with E-state index in [4.69, 9.17) is 4.42 Å². The second-order valence-electron chi connectivity index (χ2n) is 5.58. The van der Waals surface area contributed by atoms with Crippen LogP contribution in [0.25, 0.3) is 12.3 Å². The number of hydrogen-bond donors (Lipinski definition) is 4. The maximum Gasteiger partial charge on any atom is 0.363 e. The molecule has 0 fully saturated rings. The number of hydrogen-bond acceptors (Lipinski definition) is 5. The number of rotatable bonds is 5. The highest BCUT2D eigenvalue weighted by atomic mass is 32.1. The SMILES string of the molecule is CC(C)(S)[C@@H](NC=c1[nH]c(=Cc2ccccc2)oc1=O)C(=O)O. The third kappa shape index (κ3) is 4.53. The van der Waals surface area contributed by atoms with Crippen LogP contribution in [-0.2, 0) is 4.79 Å². The predicted molar refractivity (Wildman–Crippen MR) is 90.7 cm³/mol. The third-order valence-corrected chi connectivity index (χ3v) is 3.38. The van der Waals surface area contributed by atoms with E-state index in [1.807, 2.05) is 30.3 Å². The molecule has 0 aliphatic rings. The standard InChI is InChI=1S/C16H18N2O4S/c1-16(2,23)13(14(19)20)17-9-11-15(21)22-12(18-11)8-10-6-4-3-5-7-10/h3-9,13,17-18,23H,1-2H3,(H,19,20)/t13-/m0/s1. The van der Waals surface area contributed by atoms with Crippen molar-refractivity contribution in [3.8, 4) is 0 Å². The quantitative estimate of drug-likeness (QED) is 0.590. The molecule has 1 atom stereocenters. The number of aliphatic carboxylic acids is 1. The van der Waals surface area contributed by atoms with Gasteiger partial charge < -0.3 is 19.8 Å². The number of nitrogens with one attached hydrogen (secondary N) is 2. The fourth-order valence-corrected chi connectivity index (χ4v) is 2.15. The van der Waals surface area contributed by atoms with Crippen LogP contribution in [0.2, 0.25) is 0 Å². The number of benzene rings is 1. The lowest BCUT2D eigenvalue weighted by Gasteiger charge is -2.25. The molecule has 2 aromatic rings. The molecule has 0 aliphatic carbocycles. The van der Waals surface area contributed by atoms with E-state index in [0.29, 0.717) is 0 Å². The first kappa shape index (κ1) is 17.0. The number of oxazole rings is 1. The van der Waals surface area contributed by atoms with Gasteiger partial charge in [-0.25, -0.2) is 9.59 Å². The van der Waals surface area contributed by atoms with Crippen molar-refractivity contribution in [2.75, 3.05) is 0 Å². The Morgan fingerprint density at radius 2 is 2.04 bits per heavy atom. The smallest absolute Gasteiger partial charge is 0.363 e. The molecule has 7 heteroatoms. The van der Waals surface area contributed by atoms with E-state index < -0.39 is 22.4 Å². The molecule has 6 nitrogen and oxygen atoms in total. The summed E-state index contributed by atoms with van der Waals surface area (Å²) >= 11 is 4.25. The van der Waals surface area contributed by atoms with Crippen LogP contribution < -0.4 is 21.8 Å². The Kier molecular flexibility index (Phi) is 5.00. The number of carbonyl (C=O) groups is 1. The molecule has 3 N–H and O–H groups in total. The second-order valence-corrected chi connectivity index (χ2v) is 6.74. The van der Waals surface area contributed by atoms with E-state index >= 15 is 0 Å². The number of thiol groups is 1. The van der Waals surface area contributed by atoms with Gasteiger partial charge in [0.15, 0.2) is 0 Å². The molecule has 0 radical (unpaired) electrons. The Morgan fingerprint density at radius 3 is 2.61 bits per heavy atom. The van der Waals surface area contributed by atoms with E-state index in [0.717, 1.165) is 5.56 Å². The van der Waals surface area contributed by atoms with Crippen LogP contribution in [0, 0.1) is 0 Å². The van der Waals surface area contributed by atoms with Crippen molar-refractivity contribution in [2.24, 2.45) is 0 Å². The topological polar surface area (TPSA) is 95.3 Å². The number of aromatic amines is 1. The van der Waals surface area contributed by atoms with Crippen LogP contribution in [0.15, 0.2) is 39.5 Å². The Hall–Kier alpha value is -2.41. The third-order valence-electron chi connectivity index (χ3n) is 3.13. The van der Waals surface area contributed by atoms with E-state index in [1.54, 1.807) is 19.9 Å². The van der Waals surface area contributed by atoms with Gasteiger partial charge in [-0.2, -0.15) is 12.6 Å². The summed E-state index contributed by atoms with van der Waals surface area (Å²) in [5.41, 5.74) is 0.573. The molecule has 2 rings (SSSR count). The van der Waals surface area contributed by atoms with Crippen LogP contribution in [0.4, 0.5) is 0 Å². The molecule has 23 heavy (non-hydrogen) atoms. The van der Waals surface area contributed by atoms with Gasteiger partial charge in [0.25, 0.3) is 0 Å². The zero-order valence-corrected chi connectivity index (χ0v) is 13.6. The van der Waals surface area contributed by atoms with Gasteiger partial charge in [0.1, 0.15) is 11.4 Å². The maximum atomic E-state index is 11.8. The fourth-order valence-electron chi connectivity index (χ4n) is 1.97. The predicted octanol–water partition coefficient (Wildman–Crippen LogP) is 0.286. The van der Waals surface area contributed by atoms with Crippen molar-refractivity contribution in [3.63, 3.8) is 0 Å². The summed E-state index contributed by atoms with van der Waals surface area (Å²) in [7, 11) is 0. The van der Waals surface area contributed by atoms with Crippen molar-refractivity contribution in [3.05, 3.63) is 57.2 Å². The summed E-state index contributed by atoms with van der Waals surface area (Å²) < 4.78 is 4.28. The molecule has 0 bridgehead atoms. The molecule has 0 unspecified atom stereocenters. The molecule has 0 aliphatic heterocycles. The van der Waals surface area contributed by atoms with Crippen LogP contribution in [0.5, 0.6) is 0 Å². The van der Waals surface area contributed by atoms with E-state index in [1.165, 1.54) is 6.20 Å². The van der Waals surface area contributed by atoms with Crippen molar-refractivity contribution >= 4 is 30.9 Å². The number of aromatic nitrogens is 1. The fraction of sp³-hybridized carbons (Fsp3) is 0.250. The molecule has 0 saturated heterocycles. The minimum atomic E-state index is -1.06. The second kappa shape index (κ2) is 6.78. The molecule has 1 aromatic heterocycles. The number of carboxylic acid groups (broad SMARTS) is 1. The Labute approximate surface area is 138 Å². The summed E-state index contributed by atoms with van der Waals surface area (Å²) in [6.45, 7) is 3.34. The highest BCUT2D eigenvalue weighted by Gasteiger charge is 2.31. The summed E-state index contributed by atoms with van der Waals surface area (Å²) in [4.78, 5) is 25.9. The summed E-state index contributed by atoms with van der Waals surface area (Å²) in [6, 6.07) is 8.39. The average molecular weight is 334 g/mol. The minimum Gasteiger partial charge on any atom is -0.480 e. The van der Waals surface area contributed by atoms with Gasteiger partial charge in [-0.15, -0.1) is 0 Å². The first-order valence-corrected chi connectivity index (χ1v) is 7.39. The largest absolute Gasteiger partial charge is 0.480 e. The lowest BCUT2D eigenvalue weighted by molar-refractivity contribution is -0.139. The van der Waals surface area contributed by atoms with Crippen LogP contribution >= 0.6 is 12.6 Å². The van der Waals surface area contributed by atoms with Crippen molar-refractivity contribution in [1.29, 1.82) is 0 Å². The zero-order chi connectivity index (χ0) is 17.0. The normalized spacial score (nSPS) is 14.7. The molecule has 0 spiro atoms. The molecule has 1 heterocycles. The van der Waals surface area contributed by atoms with E-state index in [-0.39, 0.29) is 10.9 Å². The van der Waals surface area contributed by atoms with Gasteiger partial charge >= 0.3 is 11.6 Å². The Bertz CT molecular complexity index is 847. The monoisotopic (exact) mass is 334 g/mol. The first-order chi connectivity index (χ1) is 10.8. The molecular formula is C16H18N2O4S. The molecule has 0 saturated carbocycles. The van der Waals surface area contributed by atoms with Gasteiger partial charge in [-0.3, -0.25) is 0 Å². The first-order valence-electron chi connectivity index (χ1n) is 6.95. The average Bonchev–Trinajstić information content (AvgIpc) is 2.78. The van der Waals surface area contributed by atoms with Crippen molar-refractivity contribution in [2.45, 2.75) is 24.6 Å². The van der Waals surface area contributed by atoms with Crippen LogP contribution in [-0.4, -0.2) is 26.8 Å². The Balaban J connectivity index is 2.33. The van der Waals surface area contributed by atoms with Gasteiger partial charge in [0.05, 0.1) is 0 Å². The van der Waals surface area contributed by atoms with Crippen LogP contribution in [0.1, 0.15) is 19.4 Å². The van der Waals surface area contributed by atoms with Gasteiger partial charge in [-0.1, -0.05) is 30.3 Å². The molecule has 122 valence electrons. The minimum absolute atomic E-state index is 0.135. The van der Waals surface area contributed by atoms with E-state index in [2.05, 4.69) is 22.9 Å². The van der Waals surface area contributed by atoms with E-state index in [9.17, 15) is 14.7 Å². The summed E-state index contributed by atoms with van der Waals surface area (Å²) in [5, 5.41) is 12.0. The summed E-state index contributed by atoms with van der Waals surface area (Å²) in [5.74, 6) is -1.06. The van der Waals surface area contributed by atoms with Crippen molar-refractivity contribution in [1.82, 2.24) is 10.3 Å². The van der Waals surface area contributed by atoms with Gasteiger partial charge in [0, 0.05) is 17.0 Å². The lowest BCUT2D eigenvalue weighted by atomic mass is 10.0. The molecule has 1 aromatic carbocycles. The van der Waals surface area contributed by atoms with Gasteiger partial charge in [0.2, 0.25) is 5.55 Å². The zero-order valence-electron chi connectivity index (χ0n) is 12.7. The highest BCUT2D eigenvalue weighted by Crippen LogP contribution is 2.17. The van der Waals surface area contributed by atoms with Crippen LogP contribution in [0.3, 0.4) is 0 Å². The number of H-pyrrole nitrogens is 1.